The smallest absolute Gasteiger partial charge is 0.409 e. The number of ether oxygens (including phenoxy) is 4. The zero-order chi connectivity index (χ0) is 35.6. The van der Waals surface area contributed by atoms with Crippen LogP contribution in [0.25, 0.3) is 0 Å². The number of aliphatic hydroxyl groups is 1. The molecule has 12 heteroatoms. The van der Waals surface area contributed by atoms with E-state index in [9.17, 15) is 24.6 Å². The summed E-state index contributed by atoms with van der Waals surface area (Å²) in [4.78, 5) is 40.8. The summed E-state index contributed by atoms with van der Waals surface area (Å²) in [6.07, 6.45) is 7.73. The Morgan fingerprint density at radius 1 is 1.15 bits per heavy atom. The Morgan fingerprint density at radius 2 is 1.83 bits per heavy atom. The van der Waals surface area contributed by atoms with Gasteiger partial charge in [0.05, 0.1) is 49.1 Å². The van der Waals surface area contributed by atoms with Crippen molar-refractivity contribution < 1.29 is 56.4 Å². The summed E-state index contributed by atoms with van der Waals surface area (Å²) >= 11 is 0. The molecule has 3 saturated heterocycles. The lowest BCUT2D eigenvalue weighted by Gasteiger charge is -2.35. The number of epoxide rings is 1. The van der Waals surface area contributed by atoms with Gasteiger partial charge in [-0.2, -0.15) is 0 Å². The number of carbonyl (C=O) groups excluding carboxylic acids is 2. The minimum Gasteiger partial charge on any atom is -0.480 e. The number of aliphatic hydroxyl groups excluding tert-OH is 1. The predicted molar refractivity (Wildman–Crippen MR) is 202 cm³/mol. The van der Waals surface area contributed by atoms with Gasteiger partial charge in [-0.1, -0.05) is 39.0 Å². The fourth-order valence-electron chi connectivity index (χ4n) is 7.27. The maximum atomic E-state index is 12.9. The highest BCUT2D eigenvalue weighted by Crippen LogP contribution is 2.47. The van der Waals surface area contributed by atoms with Crippen LogP contribution in [0, 0.1) is 17.8 Å². The molecule has 12 nitrogen and oxygen atoms in total. The summed E-state index contributed by atoms with van der Waals surface area (Å²) in [5.41, 5.74) is 0.824. The molecule has 3 N–H and O–H groups in total. The maximum absolute atomic E-state index is 12.9. The fourth-order valence-corrected chi connectivity index (χ4v) is 7.27. The van der Waals surface area contributed by atoms with Gasteiger partial charge in [-0.3, -0.25) is 4.79 Å². The third-order valence-corrected chi connectivity index (χ3v) is 10.1. The normalized spacial score (nSPS) is 29.9. The number of allylic oxidation sites excluding steroid dienone is 3. The van der Waals surface area contributed by atoms with Crippen LogP contribution < -0.4 is 5.32 Å². The van der Waals surface area contributed by atoms with Crippen LogP contribution in [-0.2, 0) is 28.5 Å². The molecule has 0 spiro atoms. The Kier molecular flexibility index (Phi) is 15.4. The van der Waals surface area contributed by atoms with Gasteiger partial charge >= 0.3 is 12.1 Å². The average molecular weight is 698 g/mol. The first-order valence-electron chi connectivity index (χ1n) is 17.7. The van der Waals surface area contributed by atoms with Crippen molar-refractivity contribution >= 4 is 18.0 Å². The van der Waals surface area contributed by atoms with Crippen molar-refractivity contribution in [3.8, 4) is 0 Å². The molecule has 3 aliphatic rings. The number of nitrogens with one attached hydrogen (secondary N) is 1. The van der Waals surface area contributed by atoms with Crippen LogP contribution in [0.5, 0.6) is 0 Å². The summed E-state index contributed by atoms with van der Waals surface area (Å²) in [6, 6.07) is -1.06. The molecule has 0 aromatic heterocycles. The summed E-state index contributed by atoms with van der Waals surface area (Å²) in [5.74, 6) is -0.835. The highest BCUT2D eigenvalue weighted by Gasteiger charge is 2.56. The van der Waals surface area contributed by atoms with E-state index in [1.54, 1.807) is 18.9 Å². The summed E-state index contributed by atoms with van der Waals surface area (Å²) in [5, 5.41) is 22.4. The van der Waals surface area contributed by atoms with Crippen LogP contribution in [0.3, 0.4) is 0 Å². The lowest BCUT2D eigenvalue weighted by molar-refractivity contribution is -0.143. The van der Waals surface area contributed by atoms with E-state index in [4.69, 9.17) is 18.9 Å². The van der Waals surface area contributed by atoms with Gasteiger partial charge in [0.2, 0.25) is 5.91 Å². The molecule has 0 aromatic carbocycles. The third kappa shape index (κ3) is 11.8. The number of rotatable bonds is 17. The topological polar surface area (TPSA) is 150 Å². The van der Waals surface area contributed by atoms with Crippen molar-refractivity contribution in [3.05, 3.63) is 23.8 Å². The first-order valence-corrected chi connectivity index (χ1v) is 17.7. The Morgan fingerprint density at radius 3 is 2.46 bits per heavy atom. The molecule has 48 heavy (non-hydrogen) atoms. The van der Waals surface area contributed by atoms with Gasteiger partial charge in [0.25, 0.3) is 0 Å². The first kappa shape index (κ1) is 39.9. The molecular weight excluding hydrogens is 618 g/mol. The van der Waals surface area contributed by atoms with Gasteiger partial charge < -0.3 is 44.3 Å². The molecule has 3 heterocycles. The maximum Gasteiger partial charge on any atom is 0.409 e. The lowest BCUT2D eigenvalue weighted by Crippen LogP contribution is -2.47. The minimum absolute atomic E-state index is 0. The van der Waals surface area contributed by atoms with E-state index in [2.05, 4.69) is 56.1 Å². The van der Waals surface area contributed by atoms with Gasteiger partial charge in [0, 0.05) is 52.0 Å². The van der Waals surface area contributed by atoms with Crippen LogP contribution >= 0.6 is 0 Å². The molecular formula is C36H79N3O9. The van der Waals surface area contributed by atoms with Crippen molar-refractivity contribution in [2.24, 2.45) is 17.8 Å². The number of amides is 2. The van der Waals surface area contributed by atoms with Crippen molar-refractivity contribution in [2.45, 2.75) is 122 Å². The molecule has 3 fully saturated rings. The van der Waals surface area contributed by atoms with Crippen LogP contribution in [0.1, 0.15) is 92.9 Å². The molecule has 2 amide bonds. The number of nitrogens with zero attached hydrogens (tertiary/aromatic N) is 2. The molecule has 3 rings (SSSR count). The number of carbonyl (C=O) groups is 3. The van der Waals surface area contributed by atoms with Crippen LogP contribution in [-0.4, -0.2) is 127 Å². The van der Waals surface area contributed by atoms with Crippen LogP contribution in [0.2, 0.25) is 0 Å². The monoisotopic (exact) mass is 698 g/mol. The Balaban J connectivity index is -0.000000556. The third-order valence-electron chi connectivity index (χ3n) is 10.1. The van der Waals surface area contributed by atoms with Gasteiger partial charge in [-0.15, -0.1) is 0 Å². The Labute approximate surface area is 300 Å². The molecule has 3 aliphatic heterocycles. The summed E-state index contributed by atoms with van der Waals surface area (Å²) < 4.78 is 23.3. The van der Waals surface area contributed by atoms with E-state index in [1.165, 1.54) is 0 Å². The molecule has 0 saturated carbocycles. The van der Waals surface area contributed by atoms with Crippen molar-refractivity contribution in [1.82, 2.24) is 15.1 Å². The second-order valence-corrected chi connectivity index (χ2v) is 14.6. The summed E-state index contributed by atoms with van der Waals surface area (Å²) in [6.45, 7) is 15.2. The van der Waals surface area contributed by atoms with Crippen LogP contribution in [0.15, 0.2) is 23.8 Å². The Bertz CT molecular complexity index is 1160. The average Bonchev–Trinajstić information content (AvgIpc) is 3.69. The van der Waals surface area contributed by atoms with E-state index >= 15 is 0 Å². The largest absolute Gasteiger partial charge is 0.480 e. The highest BCUT2D eigenvalue weighted by atomic mass is 16.6. The number of aliphatic carboxylic acids is 1. The molecule has 0 unspecified atom stereocenters. The highest BCUT2D eigenvalue weighted by molar-refractivity contribution is 5.83. The van der Waals surface area contributed by atoms with Crippen molar-refractivity contribution in [3.63, 3.8) is 0 Å². The van der Waals surface area contributed by atoms with Gasteiger partial charge in [-0.25, -0.2) is 9.59 Å². The lowest BCUT2D eigenvalue weighted by atomic mass is 9.85. The zero-order valence-electron chi connectivity index (χ0n) is 30.4. The quantitative estimate of drug-likeness (QED) is 0.0907. The number of hydrogen-bond donors (Lipinski definition) is 3. The van der Waals surface area contributed by atoms with Gasteiger partial charge in [-0.05, 0) is 77.3 Å². The molecule has 292 valence electrons. The minimum atomic E-state index is -1.11. The van der Waals surface area contributed by atoms with E-state index in [1.807, 2.05) is 14.0 Å². The number of carboxylic acid groups (broad SMARTS) is 1. The molecule has 0 aromatic rings. The second-order valence-electron chi connectivity index (χ2n) is 14.6. The molecule has 0 aliphatic carbocycles. The molecule has 10 atom stereocenters. The van der Waals surface area contributed by atoms with E-state index in [0.717, 1.165) is 37.9 Å². The molecule has 0 radical (unpaired) electrons. The summed E-state index contributed by atoms with van der Waals surface area (Å²) in [7, 11) is 3.63. The second kappa shape index (κ2) is 18.5. The zero-order valence-corrected chi connectivity index (χ0v) is 30.4. The number of methoxy groups -OCH3 is 1. The molecule has 0 bridgehead atoms. The number of piperazine rings is 1. The number of likely N-dealkylation sites (N-methyl/N-ethyl adjacent to an activating group) is 1. The first-order chi connectivity index (χ1) is 22.6. The van der Waals surface area contributed by atoms with Gasteiger partial charge in [0.15, 0.2) is 0 Å². The van der Waals surface area contributed by atoms with Gasteiger partial charge in [0.1, 0.15) is 6.04 Å². The van der Waals surface area contributed by atoms with E-state index in [-0.39, 0.29) is 92.1 Å². The van der Waals surface area contributed by atoms with Crippen molar-refractivity contribution in [1.29, 1.82) is 0 Å². The van der Waals surface area contributed by atoms with E-state index in [0.29, 0.717) is 19.5 Å². The van der Waals surface area contributed by atoms with Crippen molar-refractivity contribution in [2.75, 3.05) is 46.9 Å². The fraction of sp³-hybridized carbons (Fsp3) is 0.806. The number of carboxylic acids is 1. The predicted octanol–water partition coefficient (Wildman–Crippen LogP) is 6.23. The number of hydrogen-bond acceptors (Lipinski definition) is 9. The Hall–Kier alpha value is -2.51. The van der Waals surface area contributed by atoms with E-state index < -0.39 is 18.1 Å². The standard InChI is InChI=1S/C36H61N3O9.9H2/c1-23(22-36(6)33(48-36)26(4)32(45-8)27(5)40)11-9-12-24(2)31-25(3)14-15-28(47-31)21-30(41)37-29(34(42)43)13-10-20-46-35(44)39-18-16-38(7)17-19-39;;;;;;;;;/h9,11-12,23,25-29,31-33,40H,10,13-22H2,1-8H3,(H,37,41)(H,42,43);9*1H/b11-9+,24-12+;;;;;;;;;/t23-,25+,26-,27-,28-,29+,31-,32-,33-,36-;;;;;;;;;/m1........./s1. The van der Waals surface area contributed by atoms with Crippen LogP contribution in [0.4, 0.5) is 4.79 Å². The SMILES string of the molecule is CO[C@H]([C@@H](C)[C@H]1O[C@]1(C)C[C@H](C)/C=C/C=C(\C)[C@H]1O[C@@H](CC(=O)N[C@@H](CCCOC(=O)N2CCN(C)CC2)C(=O)O)CC[C@@H]1C)[C@@H](C)O.[HH].[HH].[HH].[HH].[HH].[HH].[HH].[HH].[HH].